The molecule has 44 heavy (non-hydrogen) atoms. The zero-order chi connectivity index (χ0) is 32.2. The molecule has 3 saturated heterocycles. The summed E-state index contributed by atoms with van der Waals surface area (Å²) >= 11 is 0. The highest BCUT2D eigenvalue weighted by Gasteiger charge is 2.76. The number of aliphatic hydroxyl groups is 1. The van der Waals surface area contributed by atoms with Gasteiger partial charge >= 0.3 is 5.97 Å². The van der Waals surface area contributed by atoms with Crippen LogP contribution in [0.2, 0.25) is 0 Å². The monoisotopic (exact) mass is 609 g/mol. The van der Waals surface area contributed by atoms with Crippen LogP contribution in [-0.2, 0) is 28.7 Å². The van der Waals surface area contributed by atoms with Crippen molar-refractivity contribution in [3.63, 3.8) is 0 Å². The van der Waals surface area contributed by atoms with Gasteiger partial charge < -0.3 is 29.7 Å². The number of fused-ring (bicyclic) bond motifs is 1. The molecule has 10 nitrogen and oxygen atoms in total. The summed E-state index contributed by atoms with van der Waals surface area (Å²) in [7, 11) is 0. The van der Waals surface area contributed by atoms with Gasteiger partial charge in [0.2, 0.25) is 17.7 Å². The number of allylic oxidation sites excluding steroid dienone is 1. The summed E-state index contributed by atoms with van der Waals surface area (Å²) < 4.78 is 12.7. The van der Waals surface area contributed by atoms with Crippen molar-refractivity contribution in [2.75, 3.05) is 19.7 Å². The van der Waals surface area contributed by atoms with Gasteiger partial charge in [0.05, 0.1) is 37.1 Å². The Kier molecular flexibility index (Phi) is 10.7. The van der Waals surface area contributed by atoms with E-state index < -0.39 is 47.7 Å². The van der Waals surface area contributed by atoms with Crippen LogP contribution in [0.1, 0.15) is 65.0 Å². The van der Waals surface area contributed by atoms with E-state index in [-0.39, 0.29) is 55.8 Å². The second-order valence-corrected chi connectivity index (χ2v) is 12.6. The number of aliphatic hydroxyl groups excluding tert-OH is 1. The van der Waals surface area contributed by atoms with Crippen molar-refractivity contribution in [2.45, 2.75) is 89.3 Å². The molecule has 3 heterocycles. The summed E-state index contributed by atoms with van der Waals surface area (Å²) in [6.07, 6.45) is 3.64. The Hall–Kier alpha value is -3.50. The van der Waals surface area contributed by atoms with E-state index in [4.69, 9.17) is 9.47 Å². The first-order valence-electron chi connectivity index (χ1n) is 15.7. The second kappa shape index (κ2) is 14.1. The maximum absolute atomic E-state index is 14.4. The van der Waals surface area contributed by atoms with Crippen molar-refractivity contribution in [3.8, 4) is 0 Å². The third-order valence-corrected chi connectivity index (χ3v) is 9.28. The Morgan fingerprint density at radius 2 is 1.89 bits per heavy atom. The predicted molar refractivity (Wildman–Crippen MR) is 165 cm³/mol. The average Bonchev–Trinajstić information content (AvgIpc) is 3.64. The summed E-state index contributed by atoms with van der Waals surface area (Å²) in [4.78, 5) is 58.3. The fourth-order valence-corrected chi connectivity index (χ4v) is 7.11. The Balaban J connectivity index is 1.68. The number of ether oxygens (including phenoxy) is 2. The van der Waals surface area contributed by atoms with E-state index in [1.54, 1.807) is 17.1 Å². The molecule has 0 saturated carbocycles. The lowest BCUT2D eigenvalue weighted by Gasteiger charge is -2.41. The Morgan fingerprint density at radius 3 is 2.48 bits per heavy atom. The minimum absolute atomic E-state index is 0.0613. The lowest BCUT2D eigenvalue weighted by Crippen LogP contribution is -2.60. The van der Waals surface area contributed by atoms with Crippen LogP contribution in [-0.4, -0.2) is 88.1 Å². The van der Waals surface area contributed by atoms with Gasteiger partial charge in [0.25, 0.3) is 0 Å². The minimum atomic E-state index is -1.22. The largest absolute Gasteiger partial charge is 0.455 e. The van der Waals surface area contributed by atoms with Crippen molar-refractivity contribution in [2.24, 2.45) is 17.8 Å². The zero-order valence-corrected chi connectivity index (χ0v) is 26.3. The first-order chi connectivity index (χ1) is 21.0. The van der Waals surface area contributed by atoms with Crippen LogP contribution in [0.15, 0.2) is 55.6 Å². The van der Waals surface area contributed by atoms with E-state index in [1.165, 1.54) is 4.90 Å². The quantitative estimate of drug-likeness (QED) is 0.231. The second-order valence-electron chi connectivity index (χ2n) is 12.6. The first kappa shape index (κ1) is 33.4. The molecule has 10 heteroatoms. The molecular formula is C34H47N3O7. The van der Waals surface area contributed by atoms with Crippen molar-refractivity contribution >= 4 is 23.7 Å². The van der Waals surface area contributed by atoms with Crippen LogP contribution in [0, 0.1) is 17.8 Å². The summed E-state index contributed by atoms with van der Waals surface area (Å²) in [5.74, 6) is -3.48. The number of rotatable bonds is 15. The van der Waals surface area contributed by atoms with Gasteiger partial charge in [-0.25, -0.2) is 0 Å². The highest BCUT2D eigenvalue weighted by Crippen LogP contribution is 2.59. The number of carbonyl (C=O) groups excluding carboxylic acids is 4. The maximum Gasteiger partial charge on any atom is 0.313 e. The van der Waals surface area contributed by atoms with Gasteiger partial charge in [0.15, 0.2) is 0 Å². The number of hydrogen-bond acceptors (Lipinski definition) is 7. The highest BCUT2D eigenvalue weighted by atomic mass is 16.6. The molecule has 1 aromatic carbocycles. The number of hydrogen-bond donors (Lipinski definition) is 2. The fraction of sp³-hybridized carbons (Fsp3) is 0.588. The molecule has 1 aromatic rings. The highest BCUT2D eigenvalue weighted by molar-refractivity contribution is 5.98. The van der Waals surface area contributed by atoms with Crippen LogP contribution in [0.4, 0.5) is 0 Å². The molecule has 7 atom stereocenters. The number of nitrogens with zero attached hydrogens (tertiary/aromatic N) is 2. The lowest BCUT2D eigenvalue weighted by molar-refractivity contribution is -0.161. The van der Waals surface area contributed by atoms with E-state index in [0.717, 1.165) is 0 Å². The normalized spacial score (nSPS) is 26.8. The van der Waals surface area contributed by atoms with Gasteiger partial charge in [-0.1, -0.05) is 56.3 Å². The third kappa shape index (κ3) is 6.19. The third-order valence-electron chi connectivity index (χ3n) is 9.28. The summed E-state index contributed by atoms with van der Waals surface area (Å²) in [6.45, 7) is 15.1. The Morgan fingerprint density at radius 1 is 1.18 bits per heavy atom. The number of benzene rings is 1. The number of carbonyl (C=O) groups is 4. The van der Waals surface area contributed by atoms with Crippen LogP contribution in [0.3, 0.4) is 0 Å². The summed E-state index contributed by atoms with van der Waals surface area (Å²) in [6, 6.07) is 7.31. The van der Waals surface area contributed by atoms with Crippen LogP contribution >= 0.6 is 0 Å². The molecular weight excluding hydrogens is 562 g/mol. The number of esters is 1. The fourth-order valence-electron chi connectivity index (χ4n) is 7.11. The molecule has 4 rings (SSSR count). The molecule has 0 radical (unpaired) electrons. The van der Waals surface area contributed by atoms with Crippen molar-refractivity contribution in [1.82, 2.24) is 15.1 Å². The molecule has 3 aliphatic rings. The molecule has 3 fully saturated rings. The minimum Gasteiger partial charge on any atom is -0.455 e. The zero-order valence-electron chi connectivity index (χ0n) is 26.3. The maximum atomic E-state index is 14.4. The van der Waals surface area contributed by atoms with E-state index in [2.05, 4.69) is 18.5 Å². The van der Waals surface area contributed by atoms with Gasteiger partial charge in [-0.2, -0.15) is 0 Å². The molecule has 1 spiro atoms. The molecule has 240 valence electrons. The standard InChI is InChI=1S/C34H47N3O7/c1-7-9-15-27(39)35-19-26(23-13-11-10-12-14-23)43-33(42)28-25-16-17-34(44-25)29(28)31(40)37(24(20-38)21(3)4)30(34)32(41)36(18-8-2)22(5)6/h7-8,10-14,21-22,24-26,28-30,38H,1-2,9,15-20H2,3-6H3,(H,35,39)/t24-,25-,26-,28+,29+,30-,34+/m0/s1. The van der Waals surface area contributed by atoms with Gasteiger partial charge in [-0.3, -0.25) is 19.2 Å². The first-order valence-corrected chi connectivity index (χ1v) is 15.7. The molecule has 0 aliphatic carbocycles. The number of likely N-dealkylation sites (tertiary alicyclic amines) is 1. The van der Waals surface area contributed by atoms with Gasteiger partial charge in [-0.05, 0) is 44.6 Å². The van der Waals surface area contributed by atoms with Gasteiger partial charge in [-0.15, -0.1) is 13.2 Å². The van der Waals surface area contributed by atoms with Gasteiger partial charge in [0, 0.05) is 19.0 Å². The molecule has 0 unspecified atom stereocenters. The summed E-state index contributed by atoms with van der Waals surface area (Å²) in [5.41, 5.74) is -0.520. The van der Waals surface area contributed by atoms with Gasteiger partial charge in [0.1, 0.15) is 17.7 Å². The molecule has 3 amide bonds. The SMILES string of the molecule is C=CCCC(=O)NC[C@H](OC(=O)[C@@H]1[C@@H]2CC[C@]3(O2)[C@H](C(=O)N(CC=C)C(C)C)N([C@@H](CO)C(C)C)C(=O)[C@@H]13)c1ccccc1. The number of amides is 3. The average molecular weight is 610 g/mol. The Labute approximate surface area is 260 Å². The molecule has 3 aliphatic heterocycles. The van der Waals surface area contributed by atoms with E-state index in [9.17, 15) is 24.3 Å². The van der Waals surface area contributed by atoms with Crippen LogP contribution in [0.5, 0.6) is 0 Å². The van der Waals surface area contributed by atoms with E-state index >= 15 is 0 Å². The Bertz CT molecular complexity index is 1230. The van der Waals surface area contributed by atoms with Crippen molar-refractivity contribution in [3.05, 3.63) is 61.2 Å². The predicted octanol–water partition coefficient (Wildman–Crippen LogP) is 3.17. The van der Waals surface area contributed by atoms with Crippen molar-refractivity contribution < 1.29 is 33.8 Å². The molecule has 2 N–H and O–H groups in total. The topological polar surface area (TPSA) is 125 Å². The smallest absolute Gasteiger partial charge is 0.313 e. The van der Waals surface area contributed by atoms with Crippen LogP contribution < -0.4 is 5.32 Å². The van der Waals surface area contributed by atoms with Crippen molar-refractivity contribution in [1.29, 1.82) is 0 Å². The number of nitrogens with one attached hydrogen (secondary N) is 1. The van der Waals surface area contributed by atoms with E-state index in [1.807, 2.05) is 58.0 Å². The molecule has 2 bridgehead atoms. The van der Waals surface area contributed by atoms with Crippen LogP contribution in [0.25, 0.3) is 0 Å². The molecule has 0 aromatic heterocycles. The lowest BCUT2D eigenvalue weighted by atomic mass is 9.70. The summed E-state index contributed by atoms with van der Waals surface area (Å²) in [5, 5.41) is 13.3. The van der Waals surface area contributed by atoms with E-state index in [0.29, 0.717) is 24.8 Å².